The van der Waals surface area contributed by atoms with Crippen molar-refractivity contribution in [1.82, 2.24) is 29.7 Å². The highest BCUT2D eigenvalue weighted by molar-refractivity contribution is 5.99. The molecule has 2 aromatic carbocycles. The van der Waals surface area contributed by atoms with Gasteiger partial charge in [0.05, 0.1) is 28.6 Å². The molecule has 3 aromatic heterocycles. The van der Waals surface area contributed by atoms with Gasteiger partial charge in [-0.15, -0.1) is 13.2 Å². The lowest BCUT2D eigenvalue weighted by molar-refractivity contribution is -0.274. The largest absolute Gasteiger partial charge is 0.573 e. The molecule has 1 aliphatic carbocycles. The lowest BCUT2D eigenvalue weighted by Crippen LogP contribution is -2.22. The second-order valence-corrected chi connectivity index (χ2v) is 9.46. The van der Waals surface area contributed by atoms with Gasteiger partial charge in [0.25, 0.3) is 0 Å². The molecule has 0 spiro atoms. The zero-order chi connectivity index (χ0) is 26.4. The number of aliphatic hydroxyl groups excluding tert-OH is 1. The second-order valence-electron chi connectivity index (χ2n) is 9.46. The molecule has 1 fully saturated rings. The zero-order valence-corrected chi connectivity index (χ0v) is 20.1. The van der Waals surface area contributed by atoms with Crippen LogP contribution >= 0.6 is 0 Å². The van der Waals surface area contributed by atoms with Crippen LogP contribution in [-0.4, -0.2) is 47.3 Å². The van der Waals surface area contributed by atoms with E-state index < -0.39 is 6.36 Å². The average Bonchev–Trinajstić information content (AvgIpc) is 3.46. The van der Waals surface area contributed by atoms with Gasteiger partial charge in [0.1, 0.15) is 29.4 Å². The number of fused-ring (bicyclic) bond motifs is 2. The fourth-order valence-electron chi connectivity index (χ4n) is 5.10. The highest BCUT2D eigenvalue weighted by atomic mass is 19.4. The summed E-state index contributed by atoms with van der Waals surface area (Å²) in [5, 5.41) is 15.5. The monoisotopic (exact) mass is 523 g/mol. The number of nitrogen functional groups attached to an aromatic ring is 1. The molecule has 6 rings (SSSR count). The number of ether oxygens (including phenoxy) is 1. The van der Waals surface area contributed by atoms with Gasteiger partial charge in [-0.05, 0) is 43.9 Å². The Morgan fingerprint density at radius 3 is 2.66 bits per heavy atom. The number of rotatable bonds is 5. The summed E-state index contributed by atoms with van der Waals surface area (Å²) in [5.74, 6) is 0.550. The van der Waals surface area contributed by atoms with E-state index in [0.717, 1.165) is 23.9 Å². The first-order chi connectivity index (χ1) is 18.2. The summed E-state index contributed by atoms with van der Waals surface area (Å²) in [6, 6.07) is 11.7. The van der Waals surface area contributed by atoms with Crippen molar-refractivity contribution in [3.8, 4) is 17.0 Å². The normalized spacial score (nSPS) is 18.3. The van der Waals surface area contributed by atoms with E-state index in [9.17, 15) is 18.3 Å². The number of H-pyrrole nitrogens is 1. The van der Waals surface area contributed by atoms with Gasteiger partial charge in [-0.25, -0.2) is 19.6 Å². The summed E-state index contributed by atoms with van der Waals surface area (Å²) in [7, 11) is 0. The summed E-state index contributed by atoms with van der Waals surface area (Å²) in [4.78, 5) is 16.4. The first-order valence-electron chi connectivity index (χ1n) is 12.2. The van der Waals surface area contributed by atoms with Crippen molar-refractivity contribution in [2.45, 2.75) is 50.6 Å². The van der Waals surface area contributed by atoms with Crippen LogP contribution < -0.4 is 10.5 Å². The number of hydrogen-bond acceptors (Lipinski definition) is 7. The molecular weight excluding hydrogens is 499 g/mol. The molecule has 1 aliphatic rings. The van der Waals surface area contributed by atoms with Crippen LogP contribution in [0.3, 0.4) is 0 Å². The Bertz CT molecular complexity index is 1620. The summed E-state index contributed by atoms with van der Waals surface area (Å²) in [6.07, 6.45) is -0.583. The third-order valence-electron chi connectivity index (χ3n) is 6.89. The Hall–Kier alpha value is -4.19. The minimum absolute atomic E-state index is 0.0867. The van der Waals surface area contributed by atoms with Crippen LogP contribution in [0.25, 0.3) is 33.3 Å². The number of aromatic nitrogens is 6. The maximum absolute atomic E-state index is 12.8. The van der Waals surface area contributed by atoms with Gasteiger partial charge < -0.3 is 20.6 Å². The van der Waals surface area contributed by atoms with Gasteiger partial charge in [-0.3, -0.25) is 0 Å². The summed E-state index contributed by atoms with van der Waals surface area (Å²) in [6.45, 7) is 0. The van der Waals surface area contributed by atoms with Gasteiger partial charge >= 0.3 is 6.36 Å². The van der Waals surface area contributed by atoms with Crippen LogP contribution in [0.4, 0.5) is 19.0 Å². The molecule has 0 atom stereocenters. The maximum atomic E-state index is 12.8. The number of imidazole rings is 1. The van der Waals surface area contributed by atoms with E-state index in [1.807, 2.05) is 22.9 Å². The van der Waals surface area contributed by atoms with E-state index in [2.05, 4.69) is 24.7 Å². The first-order valence-corrected chi connectivity index (χ1v) is 12.2. The molecule has 3 heterocycles. The number of nitrogens with zero attached hydrogens (tertiary/aromatic N) is 5. The number of anilines is 1. The zero-order valence-electron chi connectivity index (χ0n) is 20.1. The smallest absolute Gasteiger partial charge is 0.405 e. The number of aromatic amines is 1. The van der Waals surface area contributed by atoms with Gasteiger partial charge in [0.15, 0.2) is 5.65 Å². The Morgan fingerprint density at radius 1 is 1.08 bits per heavy atom. The molecule has 0 unspecified atom stereocenters. The molecule has 12 heteroatoms. The summed E-state index contributed by atoms with van der Waals surface area (Å²) >= 11 is 0. The molecule has 196 valence electrons. The SMILES string of the molecule is Nc1ncnc2c1c(-c1ccc3[nH]c(Cc4ccccc4OC(F)(F)F)nc3c1)nn2[C@H]1CC[C@H](O)CC1. The standard InChI is InChI=1S/C26H24F3N7O2/c27-26(28,29)38-20-4-2-1-3-14(20)12-21-33-18-10-5-15(11-19(18)34-21)23-22-24(30)31-13-32-25(22)36(35-23)16-6-8-17(37)9-7-16/h1-5,10-11,13,16-17,37H,6-9,12H2,(H,33,34)(H2,30,31,32)/t16-,17-. The van der Waals surface area contributed by atoms with Crippen molar-refractivity contribution in [1.29, 1.82) is 0 Å². The molecule has 0 aliphatic heterocycles. The van der Waals surface area contributed by atoms with Crippen molar-refractivity contribution >= 4 is 27.9 Å². The van der Waals surface area contributed by atoms with Crippen LogP contribution in [-0.2, 0) is 6.42 Å². The minimum atomic E-state index is -4.78. The highest BCUT2D eigenvalue weighted by Crippen LogP contribution is 2.36. The molecule has 0 amide bonds. The topological polar surface area (TPSA) is 128 Å². The fraction of sp³-hybridized carbons (Fsp3) is 0.308. The Balaban J connectivity index is 1.36. The van der Waals surface area contributed by atoms with Gasteiger partial charge in [-0.2, -0.15) is 5.10 Å². The molecule has 38 heavy (non-hydrogen) atoms. The van der Waals surface area contributed by atoms with Crippen molar-refractivity contribution in [3.63, 3.8) is 0 Å². The van der Waals surface area contributed by atoms with Gasteiger partial charge in [0.2, 0.25) is 0 Å². The van der Waals surface area contributed by atoms with Crippen LogP contribution in [0, 0.1) is 0 Å². The third-order valence-corrected chi connectivity index (χ3v) is 6.89. The number of aliphatic hydroxyl groups is 1. The Morgan fingerprint density at radius 2 is 1.87 bits per heavy atom. The predicted molar refractivity (Wildman–Crippen MR) is 134 cm³/mol. The van der Waals surface area contributed by atoms with Crippen molar-refractivity contribution in [2.75, 3.05) is 5.73 Å². The van der Waals surface area contributed by atoms with Crippen LogP contribution in [0.5, 0.6) is 5.75 Å². The number of benzene rings is 2. The van der Waals surface area contributed by atoms with E-state index in [1.165, 1.54) is 18.5 Å². The predicted octanol–water partition coefficient (Wildman–Crippen LogP) is 4.92. The Labute approximate surface area is 214 Å². The molecule has 0 saturated heterocycles. The quantitative estimate of drug-likeness (QED) is 0.298. The second kappa shape index (κ2) is 9.28. The van der Waals surface area contributed by atoms with Crippen LogP contribution in [0.15, 0.2) is 48.8 Å². The molecule has 0 radical (unpaired) electrons. The molecule has 4 N–H and O–H groups in total. The van der Waals surface area contributed by atoms with E-state index in [-0.39, 0.29) is 24.3 Å². The number of alkyl halides is 3. The average molecular weight is 524 g/mol. The number of halogens is 3. The molecule has 1 saturated carbocycles. The van der Waals surface area contributed by atoms with Gasteiger partial charge in [0, 0.05) is 17.5 Å². The first kappa shape index (κ1) is 24.2. The third kappa shape index (κ3) is 4.62. The van der Waals surface area contributed by atoms with Crippen molar-refractivity contribution in [2.24, 2.45) is 0 Å². The van der Waals surface area contributed by atoms with Crippen molar-refractivity contribution < 1.29 is 23.0 Å². The van der Waals surface area contributed by atoms with Crippen LogP contribution in [0.2, 0.25) is 0 Å². The molecule has 0 bridgehead atoms. The lowest BCUT2D eigenvalue weighted by atomic mass is 9.93. The number of nitrogens with one attached hydrogen (secondary N) is 1. The van der Waals surface area contributed by atoms with E-state index in [1.54, 1.807) is 12.1 Å². The summed E-state index contributed by atoms with van der Waals surface area (Å²) in [5.41, 5.74) is 10.0. The number of hydrogen-bond donors (Lipinski definition) is 3. The van der Waals surface area contributed by atoms with Crippen LogP contribution in [0.1, 0.15) is 43.1 Å². The lowest BCUT2D eigenvalue weighted by Gasteiger charge is -2.25. The maximum Gasteiger partial charge on any atom is 0.573 e. The number of nitrogens with two attached hydrogens (primary N) is 1. The van der Waals surface area contributed by atoms with E-state index in [4.69, 9.17) is 10.8 Å². The van der Waals surface area contributed by atoms with Gasteiger partial charge in [-0.1, -0.05) is 24.3 Å². The minimum Gasteiger partial charge on any atom is -0.405 e. The molecular formula is C26H24F3N7O2. The number of para-hydroxylation sites is 1. The molecule has 5 aromatic rings. The highest BCUT2D eigenvalue weighted by Gasteiger charge is 2.32. The van der Waals surface area contributed by atoms with Crippen molar-refractivity contribution in [3.05, 3.63) is 60.2 Å². The van der Waals surface area contributed by atoms with E-state index >= 15 is 0 Å². The van der Waals surface area contributed by atoms with E-state index in [0.29, 0.717) is 52.3 Å². The Kier molecular flexibility index (Phi) is 5.90. The summed E-state index contributed by atoms with van der Waals surface area (Å²) < 4.78 is 44.5. The fourth-order valence-corrected chi connectivity index (χ4v) is 5.10. The molecule has 9 nitrogen and oxygen atoms in total.